The van der Waals surface area contributed by atoms with Gasteiger partial charge < -0.3 is 4.74 Å². The van der Waals surface area contributed by atoms with Gasteiger partial charge in [0.25, 0.3) is 0 Å². The summed E-state index contributed by atoms with van der Waals surface area (Å²) in [4.78, 5) is 11.4. The summed E-state index contributed by atoms with van der Waals surface area (Å²) in [5, 5.41) is 0. The van der Waals surface area contributed by atoms with Gasteiger partial charge in [-0.1, -0.05) is 27.7 Å². The highest BCUT2D eigenvalue weighted by Crippen LogP contribution is 2.55. The van der Waals surface area contributed by atoms with Crippen LogP contribution < -0.4 is 0 Å². The summed E-state index contributed by atoms with van der Waals surface area (Å²) < 4.78 is 5.67. The molecule has 0 unspecified atom stereocenters. The van der Waals surface area contributed by atoms with Gasteiger partial charge in [-0.05, 0) is 55.8 Å². The van der Waals surface area contributed by atoms with Crippen molar-refractivity contribution in [2.75, 3.05) is 0 Å². The molecule has 0 aromatic carbocycles. The fraction of sp³-hybridized carbons (Fsp3) is 0.941. The smallest absolute Gasteiger partial charge is 0.302 e. The van der Waals surface area contributed by atoms with Crippen molar-refractivity contribution in [2.24, 2.45) is 29.1 Å². The Morgan fingerprint density at radius 3 is 2.53 bits per heavy atom. The summed E-state index contributed by atoms with van der Waals surface area (Å²) in [7, 11) is 0. The zero-order chi connectivity index (χ0) is 14.2. The zero-order valence-electron chi connectivity index (χ0n) is 13.2. The normalized spacial score (nSPS) is 42.8. The predicted octanol–water partition coefficient (Wildman–Crippen LogP) is 4.43. The van der Waals surface area contributed by atoms with Gasteiger partial charge in [-0.2, -0.15) is 0 Å². The lowest BCUT2D eigenvalue weighted by molar-refractivity contribution is -0.169. The number of esters is 1. The van der Waals surface area contributed by atoms with Gasteiger partial charge >= 0.3 is 5.97 Å². The van der Waals surface area contributed by atoms with Crippen molar-refractivity contribution >= 4 is 5.97 Å². The standard InChI is InChI=1S/C17H30O2/c1-11(2)14-8-9-17(5)15(10-14)12(3)6-7-16(17)19-13(4)18/h11-12,14-16H,6-10H2,1-5H3/t12-,14+,15-,16-,17+/m0/s1. The number of carbonyl (C=O) groups is 1. The molecule has 19 heavy (non-hydrogen) atoms. The lowest BCUT2D eigenvalue weighted by atomic mass is 9.53. The molecule has 2 heteroatoms. The van der Waals surface area contributed by atoms with Gasteiger partial charge in [0.1, 0.15) is 6.10 Å². The van der Waals surface area contributed by atoms with E-state index in [1.807, 2.05) is 0 Å². The summed E-state index contributed by atoms with van der Waals surface area (Å²) in [5.41, 5.74) is 0.217. The molecule has 0 N–H and O–H groups in total. The summed E-state index contributed by atoms with van der Waals surface area (Å²) >= 11 is 0. The molecule has 2 saturated carbocycles. The van der Waals surface area contributed by atoms with Crippen molar-refractivity contribution in [3.8, 4) is 0 Å². The van der Waals surface area contributed by atoms with Crippen LogP contribution in [0.3, 0.4) is 0 Å². The average molecular weight is 266 g/mol. The number of ether oxygens (including phenoxy) is 1. The van der Waals surface area contributed by atoms with Crippen molar-refractivity contribution < 1.29 is 9.53 Å². The summed E-state index contributed by atoms with van der Waals surface area (Å²) in [6, 6.07) is 0. The molecule has 0 spiro atoms. The van der Waals surface area contributed by atoms with Gasteiger partial charge in [0, 0.05) is 12.3 Å². The Bertz CT molecular complexity index is 336. The predicted molar refractivity (Wildman–Crippen MR) is 77.7 cm³/mol. The number of fused-ring (bicyclic) bond motifs is 1. The third-order valence-corrected chi connectivity index (χ3v) is 6.02. The fourth-order valence-electron chi connectivity index (χ4n) is 4.62. The van der Waals surface area contributed by atoms with E-state index in [2.05, 4.69) is 27.7 Å². The first-order valence-corrected chi connectivity index (χ1v) is 8.01. The maximum atomic E-state index is 11.4. The highest BCUT2D eigenvalue weighted by molar-refractivity contribution is 5.66. The van der Waals surface area contributed by atoms with E-state index < -0.39 is 0 Å². The van der Waals surface area contributed by atoms with Crippen LogP contribution in [0.4, 0.5) is 0 Å². The van der Waals surface area contributed by atoms with E-state index in [1.165, 1.54) is 25.7 Å². The minimum Gasteiger partial charge on any atom is -0.462 e. The number of rotatable bonds is 2. The Labute approximate surface area is 118 Å². The van der Waals surface area contributed by atoms with Gasteiger partial charge in [0.15, 0.2) is 0 Å². The Morgan fingerprint density at radius 2 is 1.95 bits per heavy atom. The number of carbonyl (C=O) groups excluding carboxylic acids is 1. The highest BCUT2D eigenvalue weighted by Gasteiger charge is 2.51. The molecule has 0 aromatic heterocycles. The van der Waals surface area contributed by atoms with Crippen LogP contribution in [0.15, 0.2) is 0 Å². The lowest BCUT2D eigenvalue weighted by Crippen LogP contribution is -2.51. The van der Waals surface area contributed by atoms with Crippen molar-refractivity contribution in [1.82, 2.24) is 0 Å². The minimum absolute atomic E-state index is 0.106. The molecule has 0 heterocycles. The third kappa shape index (κ3) is 2.83. The molecule has 5 atom stereocenters. The van der Waals surface area contributed by atoms with E-state index in [1.54, 1.807) is 6.92 Å². The van der Waals surface area contributed by atoms with Crippen LogP contribution in [0.1, 0.15) is 66.7 Å². The molecule has 2 aliphatic carbocycles. The van der Waals surface area contributed by atoms with Crippen LogP contribution in [-0.2, 0) is 9.53 Å². The maximum absolute atomic E-state index is 11.4. The van der Waals surface area contributed by atoms with E-state index >= 15 is 0 Å². The number of hydrogen-bond donors (Lipinski definition) is 0. The second-order valence-electron chi connectivity index (χ2n) is 7.54. The van der Waals surface area contributed by atoms with Crippen molar-refractivity contribution in [3.05, 3.63) is 0 Å². The third-order valence-electron chi connectivity index (χ3n) is 6.02. The maximum Gasteiger partial charge on any atom is 0.302 e. The zero-order valence-corrected chi connectivity index (χ0v) is 13.2. The molecule has 0 radical (unpaired) electrons. The molecule has 110 valence electrons. The first kappa shape index (κ1) is 14.9. The quantitative estimate of drug-likeness (QED) is 0.691. The highest BCUT2D eigenvalue weighted by atomic mass is 16.5. The second kappa shape index (κ2) is 5.46. The molecule has 2 rings (SSSR count). The summed E-state index contributed by atoms with van der Waals surface area (Å²) in [5.74, 6) is 3.04. The molecular weight excluding hydrogens is 236 g/mol. The average Bonchev–Trinajstić information content (AvgIpc) is 2.32. The summed E-state index contributed by atoms with van der Waals surface area (Å²) in [6.07, 6.45) is 6.27. The number of hydrogen-bond acceptors (Lipinski definition) is 2. The van der Waals surface area contributed by atoms with Crippen LogP contribution in [0.2, 0.25) is 0 Å². The van der Waals surface area contributed by atoms with Crippen LogP contribution in [-0.4, -0.2) is 12.1 Å². The van der Waals surface area contributed by atoms with Crippen LogP contribution >= 0.6 is 0 Å². The van der Waals surface area contributed by atoms with E-state index in [0.717, 1.165) is 30.1 Å². The van der Waals surface area contributed by atoms with Gasteiger partial charge in [-0.3, -0.25) is 4.79 Å². The summed E-state index contributed by atoms with van der Waals surface area (Å²) in [6.45, 7) is 11.0. The topological polar surface area (TPSA) is 26.3 Å². The van der Waals surface area contributed by atoms with Crippen molar-refractivity contribution in [3.63, 3.8) is 0 Å². The Kier molecular flexibility index (Phi) is 4.27. The molecular formula is C17H30O2. The fourth-order valence-corrected chi connectivity index (χ4v) is 4.62. The van der Waals surface area contributed by atoms with Gasteiger partial charge in [-0.25, -0.2) is 0 Å². The van der Waals surface area contributed by atoms with Crippen molar-refractivity contribution in [1.29, 1.82) is 0 Å². The molecule has 0 aromatic rings. The molecule has 0 saturated heterocycles. The second-order valence-corrected chi connectivity index (χ2v) is 7.54. The first-order chi connectivity index (χ1) is 8.84. The molecule has 2 aliphatic rings. The molecule has 0 amide bonds. The Balaban J connectivity index is 2.17. The lowest BCUT2D eigenvalue weighted by Gasteiger charge is -2.54. The SMILES string of the molecule is CC(=O)O[C@H]1CC[C@H](C)[C@@H]2C[C@H](C(C)C)CC[C@@]12C. The van der Waals surface area contributed by atoms with E-state index in [0.29, 0.717) is 0 Å². The first-order valence-electron chi connectivity index (χ1n) is 8.01. The Hall–Kier alpha value is -0.530. The van der Waals surface area contributed by atoms with Crippen molar-refractivity contribution in [2.45, 2.75) is 72.8 Å². The van der Waals surface area contributed by atoms with Gasteiger partial charge in [0.05, 0.1) is 0 Å². The molecule has 2 nitrogen and oxygen atoms in total. The van der Waals surface area contributed by atoms with Gasteiger partial charge in [0.2, 0.25) is 0 Å². The van der Waals surface area contributed by atoms with Gasteiger partial charge in [-0.15, -0.1) is 0 Å². The van der Waals surface area contributed by atoms with E-state index in [4.69, 9.17) is 4.74 Å². The minimum atomic E-state index is -0.106. The van der Waals surface area contributed by atoms with Crippen LogP contribution in [0.5, 0.6) is 0 Å². The molecule has 2 fully saturated rings. The monoisotopic (exact) mass is 266 g/mol. The van der Waals surface area contributed by atoms with Crippen LogP contribution in [0, 0.1) is 29.1 Å². The Morgan fingerprint density at radius 1 is 1.26 bits per heavy atom. The largest absolute Gasteiger partial charge is 0.462 e. The molecule has 0 aliphatic heterocycles. The van der Waals surface area contributed by atoms with E-state index in [-0.39, 0.29) is 17.5 Å². The van der Waals surface area contributed by atoms with Crippen LogP contribution in [0.25, 0.3) is 0 Å². The molecule has 0 bridgehead atoms. The van der Waals surface area contributed by atoms with E-state index in [9.17, 15) is 4.79 Å².